The van der Waals surface area contributed by atoms with E-state index in [4.69, 9.17) is 0 Å². The van der Waals surface area contributed by atoms with Crippen LogP contribution in [0.2, 0.25) is 0 Å². The summed E-state index contributed by atoms with van der Waals surface area (Å²) in [4.78, 5) is 12.3. The van der Waals surface area contributed by atoms with E-state index in [9.17, 15) is 21.6 Å². The van der Waals surface area contributed by atoms with Crippen molar-refractivity contribution in [3.8, 4) is 32.4 Å². The van der Waals surface area contributed by atoms with Gasteiger partial charge in [0, 0.05) is 24.4 Å². The summed E-state index contributed by atoms with van der Waals surface area (Å²) in [7, 11) is -3.22. The van der Waals surface area contributed by atoms with Crippen molar-refractivity contribution in [1.82, 2.24) is 15.0 Å². The summed E-state index contributed by atoms with van der Waals surface area (Å²) in [5.41, 5.74) is 0.339. The summed E-state index contributed by atoms with van der Waals surface area (Å²) in [6, 6.07) is 13.0. The average Bonchev–Trinajstić information content (AvgIpc) is 3.37. The number of nitrogens with zero attached hydrogens (tertiary/aromatic N) is 3. The van der Waals surface area contributed by atoms with Crippen LogP contribution >= 0.6 is 11.3 Å². The first-order valence-electron chi connectivity index (χ1n) is 11.6. The molecule has 7 nitrogen and oxygen atoms in total. The van der Waals surface area contributed by atoms with Crippen LogP contribution in [0, 0.1) is 30.2 Å². The zero-order valence-corrected chi connectivity index (χ0v) is 22.5. The Morgan fingerprint density at radius 2 is 1.62 bits per heavy atom. The van der Waals surface area contributed by atoms with Crippen molar-refractivity contribution in [2.24, 2.45) is 0 Å². The van der Waals surface area contributed by atoms with Crippen molar-refractivity contribution in [3.63, 3.8) is 0 Å². The fraction of sp³-hybridized carbons (Fsp3) is 0.0741. The van der Waals surface area contributed by atoms with E-state index in [1.807, 2.05) is 4.72 Å². The molecule has 0 fully saturated rings. The lowest BCUT2D eigenvalue weighted by molar-refractivity contribution is 0.516. The van der Waals surface area contributed by atoms with E-state index in [0.29, 0.717) is 27.1 Å². The molecule has 0 bridgehead atoms. The second kappa shape index (κ2) is 10.7. The molecule has 2 N–H and O–H groups in total. The number of rotatable bonds is 7. The molecule has 0 amide bonds. The van der Waals surface area contributed by atoms with Gasteiger partial charge in [0.05, 0.1) is 22.0 Å². The van der Waals surface area contributed by atoms with E-state index in [0.717, 1.165) is 29.5 Å². The third kappa shape index (κ3) is 5.12. The molecule has 2 aromatic heterocycles. The topological polar surface area (TPSA) is 96.9 Å². The molecule has 0 radical (unpaired) electrons. The number of nitrogens with one attached hydrogen (secondary N) is 2. The number of halogens is 4. The van der Waals surface area contributed by atoms with Crippen molar-refractivity contribution in [3.05, 3.63) is 95.7 Å². The van der Waals surface area contributed by atoms with Gasteiger partial charge in [-0.15, -0.1) is 11.3 Å². The maximum atomic E-state index is 15.9. The van der Waals surface area contributed by atoms with Crippen molar-refractivity contribution in [1.29, 1.82) is 0 Å². The summed E-state index contributed by atoms with van der Waals surface area (Å²) < 4.78 is 86.3. The molecule has 204 valence electrons. The Morgan fingerprint density at radius 3 is 2.35 bits per heavy atom. The lowest BCUT2D eigenvalue weighted by atomic mass is 10.1. The molecule has 0 aliphatic heterocycles. The van der Waals surface area contributed by atoms with Gasteiger partial charge in [-0.25, -0.2) is 40.9 Å². The zero-order chi connectivity index (χ0) is 28.6. The first kappa shape index (κ1) is 27.2. The molecule has 0 unspecified atom stereocenters. The molecule has 2 heterocycles. The molecule has 0 aliphatic carbocycles. The molecule has 0 spiro atoms. The Hall–Kier alpha value is -4.36. The highest BCUT2D eigenvalue weighted by atomic mass is 32.2. The van der Waals surface area contributed by atoms with Gasteiger partial charge in [-0.2, -0.15) is 0 Å². The van der Waals surface area contributed by atoms with Crippen LogP contribution in [-0.2, 0) is 10.0 Å². The number of aromatic nitrogens is 3. The second-order valence-electron chi connectivity index (χ2n) is 8.50. The van der Waals surface area contributed by atoms with Gasteiger partial charge in [-0.1, -0.05) is 12.1 Å². The van der Waals surface area contributed by atoms with Gasteiger partial charge in [0.1, 0.15) is 22.5 Å². The number of anilines is 2. The molecule has 5 aromatic rings. The molecular formula is C27H19F4N5O2S2. The lowest BCUT2D eigenvalue weighted by Crippen LogP contribution is -2.18. The van der Waals surface area contributed by atoms with E-state index in [1.54, 1.807) is 13.1 Å². The quantitative estimate of drug-likeness (QED) is 0.208. The fourth-order valence-electron chi connectivity index (χ4n) is 3.86. The molecule has 0 aliphatic rings. The summed E-state index contributed by atoms with van der Waals surface area (Å²) in [6.45, 7) is 1.28. The minimum absolute atomic E-state index is 0.0952. The third-order valence-electron chi connectivity index (χ3n) is 5.84. The lowest BCUT2D eigenvalue weighted by Gasteiger charge is -2.13. The summed E-state index contributed by atoms with van der Waals surface area (Å²) in [5, 5.41) is 3.24. The normalized spacial score (nSPS) is 11.4. The van der Waals surface area contributed by atoms with Crippen LogP contribution in [0.15, 0.2) is 71.8 Å². The van der Waals surface area contributed by atoms with Crippen LogP contribution in [0.25, 0.3) is 32.4 Å². The zero-order valence-electron chi connectivity index (χ0n) is 20.8. The second-order valence-corrected chi connectivity index (χ2v) is 11.1. The van der Waals surface area contributed by atoms with Crippen LogP contribution in [0.5, 0.6) is 0 Å². The van der Waals surface area contributed by atoms with Crippen LogP contribution < -0.4 is 10.0 Å². The van der Waals surface area contributed by atoms with E-state index in [2.05, 4.69) is 20.3 Å². The number of benzene rings is 3. The Bertz CT molecular complexity index is 1840. The molecule has 5 rings (SSSR count). The molecule has 0 atom stereocenters. The minimum Gasteiger partial charge on any atom is -0.357 e. The highest BCUT2D eigenvalue weighted by Gasteiger charge is 2.28. The Balaban J connectivity index is 1.65. The van der Waals surface area contributed by atoms with Crippen molar-refractivity contribution >= 4 is 33.0 Å². The third-order valence-corrected chi connectivity index (χ3v) is 8.37. The van der Waals surface area contributed by atoms with Gasteiger partial charge in [0.25, 0.3) is 10.0 Å². The van der Waals surface area contributed by atoms with E-state index in [-0.39, 0.29) is 16.8 Å². The number of sulfonamides is 1. The molecule has 3 aromatic carbocycles. The van der Waals surface area contributed by atoms with Gasteiger partial charge >= 0.3 is 0 Å². The van der Waals surface area contributed by atoms with Gasteiger partial charge in [0.15, 0.2) is 10.7 Å². The highest BCUT2D eigenvalue weighted by Crippen LogP contribution is 2.42. The predicted octanol–water partition coefficient (Wildman–Crippen LogP) is 6.64. The number of thiazole rings is 1. The molecule has 0 saturated carbocycles. The SMILES string of the molecule is CNc1nccc(-c2sc(-c3ccc(F)cc3)nc2-c2cccc(NS(=O)(=O)c3c(F)ccc(C)c3F)c2F)n1. The monoisotopic (exact) mass is 585 g/mol. The Labute approximate surface area is 230 Å². The van der Waals surface area contributed by atoms with Gasteiger partial charge in [-0.3, -0.25) is 4.72 Å². The van der Waals surface area contributed by atoms with E-state index >= 15 is 4.39 Å². The van der Waals surface area contributed by atoms with Crippen LogP contribution in [0.1, 0.15) is 5.56 Å². The maximum Gasteiger partial charge on any atom is 0.267 e. The van der Waals surface area contributed by atoms with Gasteiger partial charge in [0.2, 0.25) is 5.95 Å². The standard InChI is InChI=1S/C27H19F4N5O2S2/c1-14-6-11-18(29)25(21(14)30)40(37,38)36-19-5-3-4-17(22(19)31)23-24(20-12-13-33-27(32-2)34-20)39-26(35-23)15-7-9-16(28)10-8-15/h3-13,36H,1-2H3,(H,32,33,34). The Kier molecular flexibility index (Phi) is 7.25. The van der Waals surface area contributed by atoms with Crippen molar-refractivity contribution in [2.45, 2.75) is 11.8 Å². The highest BCUT2D eigenvalue weighted by molar-refractivity contribution is 7.92. The average molecular weight is 586 g/mol. The summed E-state index contributed by atoms with van der Waals surface area (Å²) in [5.74, 6) is -3.77. The minimum atomic E-state index is -4.85. The molecule has 0 saturated heterocycles. The van der Waals surface area contributed by atoms with E-state index < -0.39 is 43.9 Å². The number of hydrogen-bond acceptors (Lipinski definition) is 7. The Morgan fingerprint density at radius 1 is 0.875 bits per heavy atom. The van der Waals surface area contributed by atoms with Crippen molar-refractivity contribution in [2.75, 3.05) is 17.1 Å². The molecule has 13 heteroatoms. The first-order chi connectivity index (χ1) is 19.1. The number of hydrogen-bond donors (Lipinski definition) is 2. The summed E-state index contributed by atoms with van der Waals surface area (Å²) >= 11 is 1.16. The maximum absolute atomic E-state index is 15.9. The van der Waals surface area contributed by atoms with Crippen LogP contribution in [-0.4, -0.2) is 30.4 Å². The van der Waals surface area contributed by atoms with Gasteiger partial charge < -0.3 is 5.32 Å². The smallest absolute Gasteiger partial charge is 0.267 e. The first-order valence-corrected chi connectivity index (χ1v) is 13.9. The van der Waals surface area contributed by atoms with Crippen LogP contribution in [0.3, 0.4) is 0 Å². The van der Waals surface area contributed by atoms with Crippen molar-refractivity contribution < 1.29 is 26.0 Å². The molecular weight excluding hydrogens is 566 g/mol. The molecule has 40 heavy (non-hydrogen) atoms. The number of aryl methyl sites for hydroxylation is 1. The van der Waals surface area contributed by atoms with Gasteiger partial charge in [-0.05, 0) is 61.0 Å². The fourth-order valence-corrected chi connectivity index (χ4v) is 6.19. The van der Waals surface area contributed by atoms with Crippen LogP contribution in [0.4, 0.5) is 29.2 Å². The summed E-state index contributed by atoms with van der Waals surface area (Å²) in [6.07, 6.45) is 1.50. The predicted molar refractivity (Wildman–Crippen MR) is 145 cm³/mol. The van der Waals surface area contributed by atoms with E-state index in [1.165, 1.54) is 49.5 Å². The largest absolute Gasteiger partial charge is 0.357 e.